The van der Waals surface area contributed by atoms with E-state index in [9.17, 15) is 27.6 Å². The Bertz CT molecular complexity index is 1030. The van der Waals surface area contributed by atoms with Crippen LogP contribution in [0.5, 0.6) is 0 Å². The Morgan fingerprint density at radius 3 is 2.03 bits per heavy atom. The van der Waals surface area contributed by atoms with Crippen molar-refractivity contribution in [2.45, 2.75) is 29.0 Å². The van der Waals surface area contributed by atoms with Gasteiger partial charge in [-0.3, -0.25) is 19.2 Å². The third-order valence-corrected chi connectivity index (χ3v) is 6.38. The first-order valence-electron chi connectivity index (χ1n) is 9.73. The van der Waals surface area contributed by atoms with Crippen molar-refractivity contribution in [3.63, 3.8) is 0 Å². The minimum Gasteiger partial charge on any atom is -0.333 e. The normalized spacial score (nSPS) is 14.3. The standard InChI is InChI=1S/C14H13ClO5S.C8H11Cl2NO/c1-21(19,20)8-5-6-9(10(15)7-8)14(18)13-11(16)3-2-4-12(13)17;1-3-5-11(6-4-2)8(12)7(9)10/h5-7,13H,2-4H2,1H3;3-4,7H,1-2,5-6H2. The molecule has 11 heteroatoms. The van der Waals surface area contributed by atoms with Gasteiger partial charge in [-0.25, -0.2) is 8.42 Å². The molecule has 33 heavy (non-hydrogen) atoms. The average molecular weight is 537 g/mol. The molecule has 0 heterocycles. The zero-order chi connectivity index (χ0) is 25.3. The maximum Gasteiger partial charge on any atom is 0.256 e. The molecule has 0 N–H and O–H groups in total. The molecule has 0 aliphatic heterocycles. The van der Waals surface area contributed by atoms with Crippen molar-refractivity contribution in [2.75, 3.05) is 19.3 Å². The lowest BCUT2D eigenvalue weighted by Gasteiger charge is -2.19. The predicted molar refractivity (Wildman–Crippen MR) is 129 cm³/mol. The van der Waals surface area contributed by atoms with E-state index in [1.807, 2.05) is 0 Å². The second-order valence-electron chi connectivity index (χ2n) is 7.12. The maximum atomic E-state index is 12.3. The van der Waals surface area contributed by atoms with Crippen LogP contribution in [0.15, 0.2) is 48.4 Å². The van der Waals surface area contributed by atoms with Gasteiger partial charge in [-0.15, -0.1) is 13.2 Å². The van der Waals surface area contributed by atoms with Crippen molar-refractivity contribution in [1.29, 1.82) is 0 Å². The van der Waals surface area contributed by atoms with Gasteiger partial charge in [0.15, 0.2) is 32.0 Å². The zero-order valence-electron chi connectivity index (χ0n) is 17.9. The van der Waals surface area contributed by atoms with Gasteiger partial charge in [-0.05, 0) is 24.6 Å². The van der Waals surface area contributed by atoms with Crippen LogP contribution in [0.4, 0.5) is 0 Å². The fourth-order valence-electron chi connectivity index (χ4n) is 2.98. The van der Waals surface area contributed by atoms with Crippen molar-refractivity contribution in [2.24, 2.45) is 5.92 Å². The number of halogens is 3. The molecule has 180 valence electrons. The molecule has 0 atom stereocenters. The number of Topliss-reactive ketones (excluding diaryl/α,β-unsaturated/α-hetero) is 3. The van der Waals surface area contributed by atoms with E-state index < -0.39 is 37.9 Å². The van der Waals surface area contributed by atoms with Gasteiger partial charge >= 0.3 is 0 Å². The molecule has 7 nitrogen and oxygen atoms in total. The third kappa shape index (κ3) is 8.37. The highest BCUT2D eigenvalue weighted by Gasteiger charge is 2.37. The molecule has 0 unspecified atom stereocenters. The average Bonchev–Trinajstić information content (AvgIpc) is 2.72. The molecule has 1 aliphatic rings. The number of sulfone groups is 1. The van der Waals surface area contributed by atoms with Crippen LogP contribution in [0.2, 0.25) is 5.02 Å². The fourth-order valence-corrected chi connectivity index (χ4v) is 4.25. The SMILES string of the molecule is C=CCN(CC=C)C(=O)C(Cl)Cl.CS(=O)(=O)c1ccc(C(=O)C2C(=O)CCCC2=O)c(Cl)c1. The van der Waals surface area contributed by atoms with Crippen LogP contribution < -0.4 is 0 Å². The lowest BCUT2D eigenvalue weighted by atomic mass is 9.82. The van der Waals surface area contributed by atoms with Crippen LogP contribution in [0.3, 0.4) is 0 Å². The van der Waals surface area contributed by atoms with Crippen molar-refractivity contribution in [1.82, 2.24) is 4.90 Å². The van der Waals surface area contributed by atoms with E-state index in [4.69, 9.17) is 34.8 Å². The molecule has 1 aromatic carbocycles. The summed E-state index contributed by atoms with van der Waals surface area (Å²) >= 11 is 16.7. The molecule has 1 saturated carbocycles. The number of nitrogens with zero attached hydrogens (tertiary/aromatic N) is 1. The zero-order valence-corrected chi connectivity index (χ0v) is 21.0. The lowest BCUT2D eigenvalue weighted by Crippen LogP contribution is -2.35. The summed E-state index contributed by atoms with van der Waals surface area (Å²) < 4.78 is 22.8. The number of hydrogen-bond donors (Lipinski definition) is 0. The van der Waals surface area contributed by atoms with Crippen molar-refractivity contribution < 1.29 is 27.6 Å². The van der Waals surface area contributed by atoms with Crippen LogP contribution in [0.1, 0.15) is 29.6 Å². The Balaban J connectivity index is 0.000000389. The summed E-state index contributed by atoms with van der Waals surface area (Å²) in [7, 11) is -3.44. The molecule has 1 aliphatic carbocycles. The molecule has 0 aromatic heterocycles. The van der Waals surface area contributed by atoms with Crippen LogP contribution in [-0.2, 0) is 24.2 Å². The number of ketones is 3. The quantitative estimate of drug-likeness (QED) is 0.216. The first kappa shape index (κ1) is 29.0. The van der Waals surface area contributed by atoms with Gasteiger partial charge in [0.1, 0.15) is 5.92 Å². The Kier molecular flexibility index (Phi) is 11.5. The molecule has 1 amide bonds. The highest BCUT2D eigenvalue weighted by molar-refractivity contribution is 7.90. The Labute approximate surface area is 208 Å². The number of carbonyl (C=O) groups excluding carboxylic acids is 4. The number of benzene rings is 1. The van der Waals surface area contributed by atoms with Crippen molar-refractivity contribution in [3.8, 4) is 0 Å². The molecule has 0 radical (unpaired) electrons. The summed E-state index contributed by atoms with van der Waals surface area (Å²) in [6.07, 6.45) is 5.09. The third-order valence-electron chi connectivity index (χ3n) is 4.58. The molecular formula is C22H24Cl3NO6S. The van der Waals surface area contributed by atoms with Gasteiger partial charge < -0.3 is 4.90 Å². The van der Waals surface area contributed by atoms with Crippen LogP contribution in [0.25, 0.3) is 0 Å². The van der Waals surface area contributed by atoms with E-state index in [1.54, 1.807) is 12.2 Å². The van der Waals surface area contributed by atoms with Crippen molar-refractivity contribution >= 4 is 67.9 Å². The van der Waals surface area contributed by atoms with Crippen molar-refractivity contribution in [3.05, 3.63) is 54.1 Å². The first-order chi connectivity index (χ1) is 15.3. The number of carbonyl (C=O) groups is 4. The largest absolute Gasteiger partial charge is 0.333 e. The van der Waals surface area contributed by atoms with Gasteiger partial charge in [-0.2, -0.15) is 0 Å². The second-order valence-corrected chi connectivity index (χ2v) is 10.6. The monoisotopic (exact) mass is 535 g/mol. The van der Waals surface area contributed by atoms with Gasteiger partial charge in [-0.1, -0.05) is 47.0 Å². The van der Waals surface area contributed by atoms with Gasteiger partial charge in [0, 0.05) is 37.8 Å². The van der Waals surface area contributed by atoms with E-state index >= 15 is 0 Å². The van der Waals surface area contributed by atoms with E-state index in [0.717, 1.165) is 12.3 Å². The van der Waals surface area contributed by atoms with Crippen LogP contribution in [-0.4, -0.2) is 60.8 Å². The van der Waals surface area contributed by atoms with Gasteiger partial charge in [0.25, 0.3) is 5.91 Å². The molecule has 2 rings (SSSR count). The smallest absolute Gasteiger partial charge is 0.256 e. The van der Waals surface area contributed by atoms with E-state index in [0.29, 0.717) is 19.5 Å². The summed E-state index contributed by atoms with van der Waals surface area (Å²) in [5, 5.41) is -0.0749. The Morgan fingerprint density at radius 1 is 1.12 bits per heavy atom. The molecule has 1 fully saturated rings. The minimum absolute atomic E-state index is 0.00216. The molecule has 0 saturated heterocycles. The highest BCUT2D eigenvalue weighted by Crippen LogP contribution is 2.27. The number of hydrogen-bond acceptors (Lipinski definition) is 6. The summed E-state index contributed by atoms with van der Waals surface area (Å²) in [6, 6.07) is 3.64. The highest BCUT2D eigenvalue weighted by atomic mass is 35.5. The molecule has 0 spiro atoms. The summed E-state index contributed by atoms with van der Waals surface area (Å²) in [5.74, 6) is -3.09. The van der Waals surface area contributed by atoms with Crippen LogP contribution in [0, 0.1) is 5.92 Å². The molecule has 0 bridgehead atoms. The second kappa shape index (κ2) is 13.0. The van der Waals surface area contributed by atoms with Gasteiger partial charge in [0.2, 0.25) is 0 Å². The maximum absolute atomic E-state index is 12.3. The lowest BCUT2D eigenvalue weighted by molar-refractivity contribution is -0.133. The minimum atomic E-state index is -3.44. The molecular weight excluding hydrogens is 513 g/mol. The van der Waals surface area contributed by atoms with Crippen LogP contribution >= 0.6 is 34.8 Å². The number of amides is 1. The summed E-state index contributed by atoms with van der Waals surface area (Å²) in [4.78, 5) is 47.5. The fraction of sp³-hybridized carbons (Fsp3) is 0.364. The molecule has 1 aromatic rings. The first-order valence-corrected chi connectivity index (χ1v) is 12.9. The number of rotatable bonds is 8. The van der Waals surface area contributed by atoms with Gasteiger partial charge in [0.05, 0.1) is 9.92 Å². The predicted octanol–water partition coefficient (Wildman–Crippen LogP) is 3.86. The Morgan fingerprint density at radius 2 is 1.64 bits per heavy atom. The topological polar surface area (TPSA) is 106 Å². The van der Waals surface area contributed by atoms with E-state index in [-0.39, 0.29) is 34.2 Å². The van der Waals surface area contributed by atoms with E-state index in [1.165, 1.54) is 17.0 Å². The summed E-state index contributed by atoms with van der Waals surface area (Å²) in [5.41, 5.74) is -0.00216. The number of alkyl halides is 2. The van der Waals surface area contributed by atoms with E-state index in [2.05, 4.69) is 13.2 Å². The Hall–Kier alpha value is -2.00. The summed E-state index contributed by atoms with van der Waals surface area (Å²) in [6.45, 7) is 7.88.